The summed E-state index contributed by atoms with van der Waals surface area (Å²) in [6.07, 6.45) is 1.01. The molecule has 134 valence electrons. The highest BCUT2D eigenvalue weighted by Crippen LogP contribution is 2.28. The predicted octanol–water partition coefficient (Wildman–Crippen LogP) is 5.58. The van der Waals surface area contributed by atoms with Gasteiger partial charge in [-0.15, -0.1) is 10.2 Å². The van der Waals surface area contributed by atoms with Crippen LogP contribution in [-0.2, 0) is 6.42 Å². The molecule has 0 N–H and O–H groups in total. The summed E-state index contributed by atoms with van der Waals surface area (Å²) in [4.78, 5) is 0. The van der Waals surface area contributed by atoms with Crippen LogP contribution in [0, 0.1) is 6.92 Å². The molecule has 1 aromatic heterocycles. The molecule has 0 saturated heterocycles. The second-order valence-electron chi connectivity index (χ2n) is 6.43. The lowest BCUT2D eigenvalue weighted by atomic mass is 10.2. The average molecular weight is 372 g/mol. The third kappa shape index (κ3) is 4.12. The number of hydrogen-bond donors (Lipinski definition) is 0. The molecule has 4 aromatic rings. The lowest BCUT2D eigenvalue weighted by Gasteiger charge is -2.11. The molecule has 0 bridgehead atoms. The van der Waals surface area contributed by atoms with Crippen LogP contribution in [0.5, 0.6) is 0 Å². The molecule has 4 rings (SSSR count). The van der Waals surface area contributed by atoms with Gasteiger partial charge in [0.15, 0.2) is 11.0 Å². The average Bonchev–Trinajstić information content (AvgIpc) is 3.13. The molecule has 0 spiro atoms. The molecule has 0 atom stereocenters. The highest BCUT2D eigenvalue weighted by atomic mass is 32.2. The van der Waals surface area contributed by atoms with Gasteiger partial charge in [-0.05, 0) is 36.6 Å². The molecule has 0 aliphatic rings. The van der Waals surface area contributed by atoms with Gasteiger partial charge in [0.1, 0.15) is 0 Å². The van der Waals surface area contributed by atoms with E-state index in [2.05, 4.69) is 88.4 Å². The second-order valence-corrected chi connectivity index (χ2v) is 7.49. The Morgan fingerprint density at radius 2 is 1.56 bits per heavy atom. The SMILES string of the molecule is Cc1cccc(-n2c(SCCc3ccccc3)nnc2-c2ccccc2)c1. The lowest BCUT2D eigenvalue weighted by Crippen LogP contribution is -2.01. The molecule has 0 aliphatic carbocycles. The van der Waals surface area contributed by atoms with Gasteiger partial charge in [0, 0.05) is 17.0 Å². The van der Waals surface area contributed by atoms with Gasteiger partial charge in [0.2, 0.25) is 0 Å². The molecule has 0 fully saturated rings. The maximum absolute atomic E-state index is 4.51. The number of nitrogens with zero attached hydrogens (tertiary/aromatic N) is 3. The Bertz CT molecular complexity index is 1010. The van der Waals surface area contributed by atoms with Gasteiger partial charge >= 0.3 is 0 Å². The first kappa shape index (κ1) is 17.6. The van der Waals surface area contributed by atoms with Crippen molar-refractivity contribution in [1.29, 1.82) is 0 Å². The molecule has 0 saturated carbocycles. The first-order valence-corrected chi connectivity index (χ1v) is 10.0. The molecule has 0 amide bonds. The monoisotopic (exact) mass is 371 g/mol. The molecule has 0 unspecified atom stereocenters. The van der Waals surface area contributed by atoms with Gasteiger partial charge in [-0.3, -0.25) is 4.57 Å². The Hall–Kier alpha value is -2.85. The van der Waals surface area contributed by atoms with Crippen molar-refractivity contribution in [3.8, 4) is 17.1 Å². The first-order chi connectivity index (χ1) is 13.3. The molecule has 0 aliphatic heterocycles. The molecular weight excluding hydrogens is 350 g/mol. The molecular formula is C23H21N3S. The number of rotatable bonds is 6. The Morgan fingerprint density at radius 1 is 0.815 bits per heavy atom. The van der Waals surface area contributed by atoms with Crippen molar-refractivity contribution in [2.75, 3.05) is 5.75 Å². The fourth-order valence-corrected chi connectivity index (χ4v) is 3.98. The summed E-state index contributed by atoms with van der Waals surface area (Å²) < 4.78 is 2.16. The van der Waals surface area contributed by atoms with Crippen LogP contribution in [0.3, 0.4) is 0 Å². The van der Waals surface area contributed by atoms with Gasteiger partial charge < -0.3 is 0 Å². The number of aromatic nitrogens is 3. The molecule has 3 nitrogen and oxygen atoms in total. The van der Waals surface area contributed by atoms with Crippen molar-refractivity contribution in [2.24, 2.45) is 0 Å². The van der Waals surface area contributed by atoms with Crippen LogP contribution in [-0.4, -0.2) is 20.5 Å². The maximum Gasteiger partial charge on any atom is 0.196 e. The zero-order valence-electron chi connectivity index (χ0n) is 15.2. The largest absolute Gasteiger partial charge is 0.270 e. The topological polar surface area (TPSA) is 30.7 Å². The number of aryl methyl sites for hydroxylation is 2. The summed E-state index contributed by atoms with van der Waals surface area (Å²) in [7, 11) is 0. The van der Waals surface area contributed by atoms with Crippen molar-refractivity contribution in [3.05, 3.63) is 96.1 Å². The third-order valence-corrected chi connectivity index (χ3v) is 5.32. The predicted molar refractivity (Wildman–Crippen MR) is 112 cm³/mol. The van der Waals surface area contributed by atoms with E-state index in [-0.39, 0.29) is 0 Å². The fourth-order valence-electron chi connectivity index (χ4n) is 3.04. The van der Waals surface area contributed by atoms with E-state index in [1.54, 1.807) is 11.8 Å². The number of thioether (sulfide) groups is 1. The molecule has 27 heavy (non-hydrogen) atoms. The molecule has 3 aromatic carbocycles. The Morgan fingerprint density at radius 3 is 2.30 bits per heavy atom. The summed E-state index contributed by atoms with van der Waals surface area (Å²) in [5.41, 5.74) is 4.73. The van der Waals surface area contributed by atoms with E-state index in [9.17, 15) is 0 Å². The number of benzene rings is 3. The second kappa shape index (κ2) is 8.23. The van der Waals surface area contributed by atoms with Crippen LogP contribution < -0.4 is 0 Å². The minimum absolute atomic E-state index is 0.878. The van der Waals surface area contributed by atoms with Gasteiger partial charge in [-0.25, -0.2) is 0 Å². The van der Waals surface area contributed by atoms with Crippen molar-refractivity contribution in [2.45, 2.75) is 18.5 Å². The zero-order valence-corrected chi connectivity index (χ0v) is 16.1. The van der Waals surface area contributed by atoms with Crippen LogP contribution in [0.2, 0.25) is 0 Å². The first-order valence-electron chi connectivity index (χ1n) is 9.06. The standard InChI is InChI=1S/C23H21N3S/c1-18-9-8-14-21(17-18)26-22(20-12-6-3-7-13-20)24-25-23(26)27-16-15-19-10-4-2-5-11-19/h2-14,17H,15-16H2,1H3. The molecule has 1 heterocycles. The van der Waals surface area contributed by atoms with Crippen LogP contribution in [0.4, 0.5) is 0 Å². The van der Waals surface area contributed by atoms with Crippen LogP contribution in [0.25, 0.3) is 17.1 Å². The van der Waals surface area contributed by atoms with E-state index in [1.165, 1.54) is 11.1 Å². The van der Waals surface area contributed by atoms with Gasteiger partial charge in [-0.2, -0.15) is 0 Å². The summed E-state index contributed by atoms with van der Waals surface area (Å²) in [5.74, 6) is 1.84. The van der Waals surface area contributed by atoms with E-state index in [0.717, 1.165) is 34.4 Å². The van der Waals surface area contributed by atoms with Crippen LogP contribution in [0.1, 0.15) is 11.1 Å². The Balaban J connectivity index is 1.66. The van der Waals surface area contributed by atoms with Crippen molar-refractivity contribution >= 4 is 11.8 Å². The highest BCUT2D eigenvalue weighted by Gasteiger charge is 2.16. The molecule has 0 radical (unpaired) electrons. The van der Waals surface area contributed by atoms with E-state index in [1.807, 2.05) is 18.2 Å². The maximum atomic E-state index is 4.51. The third-order valence-electron chi connectivity index (χ3n) is 4.39. The summed E-state index contributed by atoms with van der Waals surface area (Å²) in [6.45, 7) is 2.11. The van der Waals surface area contributed by atoms with E-state index < -0.39 is 0 Å². The van der Waals surface area contributed by atoms with Crippen molar-refractivity contribution in [1.82, 2.24) is 14.8 Å². The van der Waals surface area contributed by atoms with Crippen LogP contribution in [0.15, 0.2) is 90.1 Å². The van der Waals surface area contributed by atoms with Gasteiger partial charge in [0.05, 0.1) is 0 Å². The summed E-state index contributed by atoms with van der Waals surface area (Å²) >= 11 is 1.75. The Kier molecular flexibility index (Phi) is 5.35. The van der Waals surface area contributed by atoms with Gasteiger partial charge in [-0.1, -0.05) is 84.6 Å². The number of hydrogen-bond acceptors (Lipinski definition) is 3. The zero-order chi connectivity index (χ0) is 18.5. The lowest BCUT2D eigenvalue weighted by molar-refractivity contribution is 0.884. The van der Waals surface area contributed by atoms with Gasteiger partial charge in [0.25, 0.3) is 0 Å². The smallest absolute Gasteiger partial charge is 0.196 e. The minimum Gasteiger partial charge on any atom is -0.270 e. The fraction of sp³-hybridized carbons (Fsp3) is 0.130. The highest BCUT2D eigenvalue weighted by molar-refractivity contribution is 7.99. The van der Waals surface area contributed by atoms with Crippen molar-refractivity contribution in [3.63, 3.8) is 0 Å². The molecule has 4 heteroatoms. The normalized spacial score (nSPS) is 10.9. The van der Waals surface area contributed by atoms with E-state index in [0.29, 0.717) is 0 Å². The summed E-state index contributed by atoms with van der Waals surface area (Å²) in [6, 6.07) is 29.3. The quantitative estimate of drug-likeness (QED) is 0.415. The van der Waals surface area contributed by atoms with E-state index >= 15 is 0 Å². The minimum atomic E-state index is 0.878. The van der Waals surface area contributed by atoms with Crippen molar-refractivity contribution < 1.29 is 0 Å². The summed E-state index contributed by atoms with van der Waals surface area (Å²) in [5, 5.41) is 9.94. The van der Waals surface area contributed by atoms with Crippen LogP contribution >= 0.6 is 11.8 Å². The van der Waals surface area contributed by atoms with E-state index in [4.69, 9.17) is 0 Å². The Labute approximate surface area is 164 Å².